The number of carbonyl (C=O) groups is 1. The van der Waals surface area contributed by atoms with Gasteiger partial charge in [-0.05, 0) is 35.9 Å². The van der Waals surface area contributed by atoms with E-state index in [1.165, 1.54) is 12.3 Å². The van der Waals surface area contributed by atoms with E-state index in [4.69, 9.17) is 23.2 Å². The van der Waals surface area contributed by atoms with Gasteiger partial charge < -0.3 is 5.32 Å². The Kier molecular flexibility index (Phi) is 5.01. The largest absolute Gasteiger partial charge is 0.319 e. The predicted molar refractivity (Wildman–Crippen MR) is 92.1 cm³/mol. The molecule has 3 rings (SSSR count). The molecule has 0 aliphatic heterocycles. The van der Waals surface area contributed by atoms with Gasteiger partial charge in [0.25, 0.3) is 5.91 Å². The molecule has 0 saturated carbocycles. The molecule has 1 heterocycles. The fourth-order valence-electron chi connectivity index (χ4n) is 2.18. The number of carbonyl (C=O) groups excluding carboxylic acids is 1. The Hall–Kier alpha value is -2.44. The minimum atomic E-state index is -1.08. The summed E-state index contributed by atoms with van der Waals surface area (Å²) in [6, 6.07) is 8.07. The van der Waals surface area contributed by atoms with Crippen LogP contribution in [-0.4, -0.2) is 15.7 Å². The van der Waals surface area contributed by atoms with E-state index in [0.717, 1.165) is 17.7 Å². The average molecular weight is 382 g/mol. The van der Waals surface area contributed by atoms with Crippen LogP contribution in [0.2, 0.25) is 10.0 Å². The van der Waals surface area contributed by atoms with Gasteiger partial charge in [0.2, 0.25) is 0 Å². The molecule has 4 nitrogen and oxygen atoms in total. The van der Waals surface area contributed by atoms with Crippen LogP contribution in [0.25, 0.3) is 0 Å². The summed E-state index contributed by atoms with van der Waals surface area (Å²) >= 11 is 12.0. The minimum absolute atomic E-state index is 0.00685. The van der Waals surface area contributed by atoms with Gasteiger partial charge in [-0.2, -0.15) is 5.10 Å². The number of nitrogens with zero attached hydrogens (tertiary/aromatic N) is 2. The van der Waals surface area contributed by atoms with E-state index in [1.807, 2.05) is 0 Å². The molecule has 8 heteroatoms. The Morgan fingerprint density at radius 1 is 1.12 bits per heavy atom. The maximum atomic E-state index is 13.2. The first-order valence-electron chi connectivity index (χ1n) is 7.15. The maximum absolute atomic E-state index is 13.2. The summed E-state index contributed by atoms with van der Waals surface area (Å²) in [5.74, 6) is -2.66. The van der Waals surface area contributed by atoms with Crippen LogP contribution in [-0.2, 0) is 6.54 Å². The lowest BCUT2D eigenvalue weighted by molar-refractivity contribution is 0.102. The van der Waals surface area contributed by atoms with E-state index in [1.54, 1.807) is 29.1 Å². The Balaban J connectivity index is 1.70. The van der Waals surface area contributed by atoms with Crippen LogP contribution in [0, 0.1) is 11.6 Å². The number of anilines is 1. The Morgan fingerprint density at radius 3 is 2.64 bits per heavy atom. The summed E-state index contributed by atoms with van der Waals surface area (Å²) in [4.78, 5) is 12.1. The molecule has 1 aromatic heterocycles. The minimum Gasteiger partial charge on any atom is -0.319 e. The van der Waals surface area contributed by atoms with Crippen LogP contribution in [0.1, 0.15) is 15.9 Å². The standard InChI is InChI=1S/C17H11Cl2F2N3O/c18-12-3-1-11(14(19)6-12)8-24-9-13(7-22-24)23-17(25)10-2-4-15(20)16(21)5-10/h1-7,9H,8H2,(H,23,25). The van der Waals surface area contributed by atoms with E-state index in [9.17, 15) is 13.6 Å². The van der Waals surface area contributed by atoms with Gasteiger partial charge in [-0.3, -0.25) is 9.48 Å². The zero-order chi connectivity index (χ0) is 18.0. The van der Waals surface area contributed by atoms with Crippen molar-refractivity contribution in [1.29, 1.82) is 0 Å². The number of aromatic nitrogens is 2. The second kappa shape index (κ2) is 7.21. The zero-order valence-electron chi connectivity index (χ0n) is 12.6. The van der Waals surface area contributed by atoms with Crippen molar-refractivity contribution in [3.05, 3.63) is 81.6 Å². The van der Waals surface area contributed by atoms with Crippen molar-refractivity contribution in [3.8, 4) is 0 Å². The number of nitrogens with one attached hydrogen (secondary N) is 1. The molecule has 0 radical (unpaired) electrons. The average Bonchev–Trinajstić information content (AvgIpc) is 3.00. The topological polar surface area (TPSA) is 46.9 Å². The molecule has 0 bridgehead atoms. The molecule has 0 saturated heterocycles. The number of hydrogen-bond acceptors (Lipinski definition) is 2. The summed E-state index contributed by atoms with van der Waals surface area (Å²) in [6.07, 6.45) is 3.05. The predicted octanol–water partition coefficient (Wildman–Crippen LogP) is 4.77. The normalized spacial score (nSPS) is 10.7. The summed E-state index contributed by atoms with van der Waals surface area (Å²) in [7, 11) is 0. The first-order chi connectivity index (χ1) is 11.9. The molecule has 0 aliphatic rings. The van der Waals surface area contributed by atoms with Crippen LogP contribution in [0.5, 0.6) is 0 Å². The van der Waals surface area contributed by atoms with Gasteiger partial charge >= 0.3 is 0 Å². The summed E-state index contributed by atoms with van der Waals surface area (Å²) < 4.78 is 27.7. The second-order valence-electron chi connectivity index (χ2n) is 5.25. The lowest BCUT2D eigenvalue weighted by Crippen LogP contribution is -2.12. The molecule has 2 aromatic carbocycles. The Labute approximate surface area is 152 Å². The zero-order valence-corrected chi connectivity index (χ0v) is 14.2. The highest BCUT2D eigenvalue weighted by atomic mass is 35.5. The molecular formula is C17H11Cl2F2N3O. The van der Waals surface area contributed by atoms with Crippen LogP contribution in [0.3, 0.4) is 0 Å². The monoisotopic (exact) mass is 381 g/mol. The highest BCUT2D eigenvalue weighted by Crippen LogP contribution is 2.22. The molecule has 0 atom stereocenters. The number of halogens is 4. The van der Waals surface area contributed by atoms with Gasteiger partial charge in [0.1, 0.15) is 0 Å². The maximum Gasteiger partial charge on any atom is 0.255 e. The summed E-state index contributed by atoms with van der Waals surface area (Å²) in [5.41, 5.74) is 1.24. The second-order valence-corrected chi connectivity index (χ2v) is 6.09. The number of hydrogen-bond donors (Lipinski definition) is 1. The molecule has 128 valence electrons. The van der Waals surface area contributed by atoms with E-state index in [2.05, 4.69) is 10.4 Å². The van der Waals surface area contributed by atoms with Crippen molar-refractivity contribution in [2.75, 3.05) is 5.32 Å². The lowest BCUT2D eigenvalue weighted by atomic mass is 10.2. The Bertz CT molecular complexity index is 943. The number of rotatable bonds is 4. The highest BCUT2D eigenvalue weighted by Gasteiger charge is 2.11. The number of amides is 1. The van der Waals surface area contributed by atoms with Crippen LogP contribution in [0.15, 0.2) is 48.8 Å². The molecule has 0 spiro atoms. The SMILES string of the molecule is O=C(Nc1cnn(Cc2ccc(Cl)cc2Cl)c1)c1ccc(F)c(F)c1. The smallest absolute Gasteiger partial charge is 0.255 e. The van der Waals surface area contributed by atoms with Crippen LogP contribution in [0.4, 0.5) is 14.5 Å². The van der Waals surface area contributed by atoms with Gasteiger partial charge in [-0.1, -0.05) is 29.3 Å². The van der Waals surface area contributed by atoms with Gasteiger partial charge in [0.15, 0.2) is 11.6 Å². The van der Waals surface area contributed by atoms with Crippen molar-refractivity contribution in [3.63, 3.8) is 0 Å². The van der Waals surface area contributed by atoms with E-state index in [0.29, 0.717) is 22.3 Å². The van der Waals surface area contributed by atoms with Gasteiger partial charge in [-0.15, -0.1) is 0 Å². The Morgan fingerprint density at radius 2 is 1.92 bits per heavy atom. The first kappa shape index (κ1) is 17.4. The van der Waals surface area contributed by atoms with Crippen molar-refractivity contribution >= 4 is 34.8 Å². The van der Waals surface area contributed by atoms with Crippen LogP contribution < -0.4 is 5.32 Å². The van der Waals surface area contributed by atoms with E-state index >= 15 is 0 Å². The molecule has 3 aromatic rings. The van der Waals surface area contributed by atoms with E-state index in [-0.39, 0.29) is 5.56 Å². The van der Waals surface area contributed by atoms with E-state index < -0.39 is 17.5 Å². The van der Waals surface area contributed by atoms with Crippen molar-refractivity contribution < 1.29 is 13.6 Å². The fraction of sp³-hybridized carbons (Fsp3) is 0.0588. The van der Waals surface area contributed by atoms with Crippen molar-refractivity contribution in [2.45, 2.75) is 6.54 Å². The molecule has 0 fully saturated rings. The van der Waals surface area contributed by atoms with Crippen molar-refractivity contribution in [1.82, 2.24) is 9.78 Å². The lowest BCUT2D eigenvalue weighted by Gasteiger charge is -2.05. The summed E-state index contributed by atoms with van der Waals surface area (Å²) in [6.45, 7) is 0.386. The molecule has 1 N–H and O–H groups in total. The molecule has 0 aliphatic carbocycles. The molecule has 1 amide bonds. The quantitative estimate of drug-likeness (QED) is 0.707. The first-order valence-corrected chi connectivity index (χ1v) is 7.91. The van der Waals surface area contributed by atoms with Gasteiger partial charge in [-0.25, -0.2) is 8.78 Å². The highest BCUT2D eigenvalue weighted by molar-refractivity contribution is 6.35. The third-order valence-electron chi connectivity index (χ3n) is 3.42. The third kappa shape index (κ3) is 4.15. The molecule has 0 unspecified atom stereocenters. The molecule has 25 heavy (non-hydrogen) atoms. The number of benzene rings is 2. The third-order valence-corrected chi connectivity index (χ3v) is 4.01. The van der Waals surface area contributed by atoms with Gasteiger partial charge in [0, 0.05) is 21.8 Å². The van der Waals surface area contributed by atoms with Gasteiger partial charge in [0.05, 0.1) is 18.4 Å². The van der Waals surface area contributed by atoms with Crippen LogP contribution >= 0.6 is 23.2 Å². The molecular weight excluding hydrogens is 371 g/mol. The summed E-state index contributed by atoms with van der Waals surface area (Å²) in [5, 5.41) is 7.74. The fourth-order valence-corrected chi connectivity index (χ4v) is 2.65. The van der Waals surface area contributed by atoms with Crippen molar-refractivity contribution in [2.24, 2.45) is 0 Å².